The van der Waals surface area contributed by atoms with Crippen molar-refractivity contribution in [3.05, 3.63) is 30.0 Å². The second-order valence-electron chi connectivity index (χ2n) is 8.01. The number of nitrogens with zero attached hydrogens (tertiary/aromatic N) is 1. The first kappa shape index (κ1) is 24.2. The lowest BCUT2D eigenvalue weighted by Gasteiger charge is -2.19. The standard InChI is InChI=1S/C23H30N4O6/c1-3-9-27-17-5-4-6-20(33-2)15(17)11-18(27)23(32)25-12-21(30)26-16(19(29)13-28)10-14-7-8-24-22(14)31/h4-6,11,14,16,28H,3,7-10,12-13H2,1-2H3,(H,24,31)(H,25,32)(H,26,30). The molecular weight excluding hydrogens is 428 g/mol. The molecule has 1 aromatic heterocycles. The fraction of sp³-hybridized carbons (Fsp3) is 0.478. The van der Waals surface area contributed by atoms with Gasteiger partial charge in [0, 0.05) is 24.4 Å². The molecule has 2 atom stereocenters. The Hall–Kier alpha value is -3.40. The number of carbonyl (C=O) groups excluding carboxylic acids is 4. The molecule has 3 amide bonds. The van der Waals surface area contributed by atoms with Gasteiger partial charge in [0.25, 0.3) is 5.91 Å². The number of amides is 3. The molecular formula is C23H30N4O6. The van der Waals surface area contributed by atoms with E-state index in [0.29, 0.717) is 31.0 Å². The molecule has 0 bridgehead atoms. The Kier molecular flexibility index (Phi) is 8.05. The maximum Gasteiger partial charge on any atom is 0.268 e. The van der Waals surface area contributed by atoms with Crippen LogP contribution in [0.25, 0.3) is 10.9 Å². The van der Waals surface area contributed by atoms with Crippen molar-refractivity contribution in [3.8, 4) is 5.75 Å². The molecule has 33 heavy (non-hydrogen) atoms. The average Bonchev–Trinajstić information content (AvgIpc) is 3.40. The van der Waals surface area contributed by atoms with Crippen molar-refractivity contribution >= 4 is 34.4 Å². The Balaban J connectivity index is 1.68. The van der Waals surface area contributed by atoms with Gasteiger partial charge >= 0.3 is 0 Å². The van der Waals surface area contributed by atoms with E-state index in [1.807, 2.05) is 29.7 Å². The van der Waals surface area contributed by atoms with Crippen LogP contribution in [-0.4, -0.2) is 66.0 Å². The zero-order chi connectivity index (χ0) is 24.0. The zero-order valence-electron chi connectivity index (χ0n) is 18.8. The molecule has 0 aliphatic carbocycles. The number of carbonyl (C=O) groups is 4. The zero-order valence-corrected chi connectivity index (χ0v) is 18.8. The molecule has 1 aromatic carbocycles. The highest BCUT2D eigenvalue weighted by atomic mass is 16.5. The summed E-state index contributed by atoms with van der Waals surface area (Å²) in [5.74, 6) is -1.52. The fourth-order valence-electron chi connectivity index (χ4n) is 4.12. The van der Waals surface area contributed by atoms with Gasteiger partial charge in [-0.2, -0.15) is 0 Å². The van der Waals surface area contributed by atoms with Crippen molar-refractivity contribution in [2.75, 3.05) is 26.8 Å². The van der Waals surface area contributed by atoms with Crippen LogP contribution in [-0.2, 0) is 20.9 Å². The number of rotatable bonds is 11. The molecule has 2 unspecified atom stereocenters. The second-order valence-corrected chi connectivity index (χ2v) is 8.01. The smallest absolute Gasteiger partial charge is 0.268 e. The highest BCUT2D eigenvalue weighted by Crippen LogP contribution is 2.29. The Labute approximate surface area is 191 Å². The number of benzene rings is 1. The molecule has 1 aliphatic rings. The quantitative estimate of drug-likeness (QED) is 0.384. The minimum Gasteiger partial charge on any atom is -0.496 e. The Morgan fingerprint density at radius 2 is 2.12 bits per heavy atom. The molecule has 10 heteroatoms. The third kappa shape index (κ3) is 5.51. The normalized spacial score (nSPS) is 16.3. The third-order valence-electron chi connectivity index (χ3n) is 5.78. The van der Waals surface area contributed by atoms with Crippen molar-refractivity contribution < 1.29 is 29.0 Å². The summed E-state index contributed by atoms with van der Waals surface area (Å²) in [6.45, 7) is 2.04. The van der Waals surface area contributed by atoms with E-state index < -0.39 is 36.2 Å². The number of aliphatic hydroxyl groups is 1. The van der Waals surface area contributed by atoms with Crippen LogP contribution < -0.4 is 20.7 Å². The first-order valence-corrected chi connectivity index (χ1v) is 11.0. The summed E-state index contributed by atoms with van der Waals surface area (Å²) in [5, 5.41) is 17.8. The highest BCUT2D eigenvalue weighted by Gasteiger charge is 2.31. The van der Waals surface area contributed by atoms with Gasteiger partial charge in [-0.15, -0.1) is 0 Å². The van der Waals surface area contributed by atoms with Gasteiger partial charge in [-0.1, -0.05) is 13.0 Å². The van der Waals surface area contributed by atoms with Crippen LogP contribution >= 0.6 is 0 Å². The van der Waals surface area contributed by atoms with Crippen LogP contribution in [0.3, 0.4) is 0 Å². The number of aliphatic hydroxyl groups excluding tert-OH is 1. The molecule has 0 saturated carbocycles. The molecule has 178 valence electrons. The number of Topliss-reactive ketones (excluding diaryl/α,β-unsaturated/α-hetero) is 1. The molecule has 0 spiro atoms. The van der Waals surface area contributed by atoms with E-state index in [9.17, 15) is 24.3 Å². The van der Waals surface area contributed by atoms with Gasteiger partial charge in [0.2, 0.25) is 11.8 Å². The number of methoxy groups -OCH3 is 1. The number of aromatic nitrogens is 1. The lowest BCUT2D eigenvalue weighted by Crippen LogP contribution is -2.47. The predicted molar refractivity (Wildman–Crippen MR) is 121 cm³/mol. The molecule has 1 fully saturated rings. The Morgan fingerprint density at radius 3 is 2.76 bits per heavy atom. The van der Waals surface area contributed by atoms with Crippen molar-refractivity contribution in [2.45, 2.75) is 38.8 Å². The lowest BCUT2D eigenvalue weighted by atomic mass is 9.96. The van der Waals surface area contributed by atoms with Crippen LogP contribution in [0.15, 0.2) is 24.3 Å². The number of fused-ring (bicyclic) bond motifs is 1. The van der Waals surface area contributed by atoms with Gasteiger partial charge in [-0.25, -0.2) is 0 Å². The van der Waals surface area contributed by atoms with E-state index >= 15 is 0 Å². The Morgan fingerprint density at radius 1 is 1.33 bits per heavy atom. The van der Waals surface area contributed by atoms with Gasteiger partial charge in [-0.05, 0) is 37.5 Å². The predicted octanol–water partition coefficient (Wildman–Crippen LogP) is 0.362. The molecule has 10 nitrogen and oxygen atoms in total. The number of hydrogen-bond donors (Lipinski definition) is 4. The minimum atomic E-state index is -0.996. The lowest BCUT2D eigenvalue weighted by molar-refractivity contribution is -0.130. The van der Waals surface area contributed by atoms with Crippen LogP contribution in [0.2, 0.25) is 0 Å². The number of ether oxygens (including phenoxy) is 1. The summed E-state index contributed by atoms with van der Waals surface area (Å²) < 4.78 is 7.28. The van der Waals surface area contributed by atoms with Crippen LogP contribution in [0.5, 0.6) is 5.75 Å². The number of ketones is 1. The SMILES string of the molecule is CCCn1c(C(=O)NCC(=O)NC(CC2CCNC2=O)C(=O)CO)cc2c(OC)cccc21. The van der Waals surface area contributed by atoms with Crippen LogP contribution in [0.4, 0.5) is 0 Å². The number of hydrogen-bond acceptors (Lipinski definition) is 6. The summed E-state index contributed by atoms with van der Waals surface area (Å²) in [7, 11) is 1.56. The molecule has 1 saturated heterocycles. The summed E-state index contributed by atoms with van der Waals surface area (Å²) in [4.78, 5) is 49.3. The van der Waals surface area contributed by atoms with Crippen molar-refractivity contribution in [2.24, 2.45) is 5.92 Å². The highest BCUT2D eigenvalue weighted by molar-refractivity contribution is 6.02. The van der Waals surface area contributed by atoms with E-state index in [0.717, 1.165) is 17.3 Å². The maximum absolute atomic E-state index is 12.9. The Bertz CT molecular complexity index is 1050. The van der Waals surface area contributed by atoms with Crippen LogP contribution in [0.1, 0.15) is 36.7 Å². The topological polar surface area (TPSA) is 139 Å². The third-order valence-corrected chi connectivity index (χ3v) is 5.78. The average molecular weight is 459 g/mol. The molecule has 2 aromatic rings. The summed E-state index contributed by atoms with van der Waals surface area (Å²) >= 11 is 0. The van der Waals surface area contributed by atoms with Crippen LogP contribution in [0, 0.1) is 5.92 Å². The van der Waals surface area contributed by atoms with E-state index in [-0.39, 0.29) is 18.9 Å². The van der Waals surface area contributed by atoms with Gasteiger partial charge in [0.05, 0.1) is 25.2 Å². The van der Waals surface area contributed by atoms with Gasteiger partial charge in [-0.3, -0.25) is 19.2 Å². The first-order chi connectivity index (χ1) is 15.9. The minimum absolute atomic E-state index is 0.107. The largest absolute Gasteiger partial charge is 0.496 e. The van der Waals surface area contributed by atoms with Crippen molar-refractivity contribution in [3.63, 3.8) is 0 Å². The van der Waals surface area contributed by atoms with Gasteiger partial charge < -0.3 is 30.4 Å². The summed E-state index contributed by atoms with van der Waals surface area (Å²) in [5.41, 5.74) is 1.25. The van der Waals surface area contributed by atoms with Crippen molar-refractivity contribution in [1.82, 2.24) is 20.5 Å². The number of aryl methyl sites for hydroxylation is 1. The van der Waals surface area contributed by atoms with E-state index in [1.54, 1.807) is 13.2 Å². The molecule has 0 radical (unpaired) electrons. The fourth-order valence-corrected chi connectivity index (χ4v) is 4.12. The van der Waals surface area contributed by atoms with Crippen molar-refractivity contribution in [1.29, 1.82) is 0 Å². The summed E-state index contributed by atoms with van der Waals surface area (Å²) in [6, 6.07) is 6.31. The molecule has 2 heterocycles. The maximum atomic E-state index is 12.9. The summed E-state index contributed by atoms with van der Waals surface area (Å²) in [6.07, 6.45) is 1.48. The first-order valence-electron chi connectivity index (χ1n) is 11.0. The number of nitrogens with one attached hydrogen (secondary N) is 3. The molecule has 4 N–H and O–H groups in total. The van der Waals surface area contributed by atoms with E-state index in [4.69, 9.17) is 4.74 Å². The van der Waals surface area contributed by atoms with Gasteiger partial charge in [0.15, 0.2) is 5.78 Å². The second kappa shape index (κ2) is 11.0. The molecule has 1 aliphatic heterocycles. The van der Waals surface area contributed by atoms with E-state index in [2.05, 4.69) is 16.0 Å². The van der Waals surface area contributed by atoms with Gasteiger partial charge in [0.1, 0.15) is 18.1 Å². The monoisotopic (exact) mass is 458 g/mol. The van der Waals surface area contributed by atoms with E-state index in [1.165, 1.54) is 0 Å². The molecule has 3 rings (SSSR count).